The molecular formula is C12H19NO3S. The van der Waals surface area contributed by atoms with Gasteiger partial charge < -0.3 is 15.2 Å². The van der Waals surface area contributed by atoms with Crippen molar-refractivity contribution in [1.82, 2.24) is 5.32 Å². The zero-order valence-electron chi connectivity index (χ0n) is 10.1. The minimum absolute atomic E-state index is 0.0168. The van der Waals surface area contributed by atoms with E-state index in [-0.39, 0.29) is 12.5 Å². The van der Waals surface area contributed by atoms with E-state index in [1.54, 1.807) is 0 Å². The molecule has 1 amide bonds. The number of hydrogen-bond acceptors (Lipinski definition) is 4. The molecule has 0 bridgehead atoms. The molecule has 0 fully saturated rings. The van der Waals surface area contributed by atoms with E-state index in [9.17, 15) is 4.79 Å². The van der Waals surface area contributed by atoms with Gasteiger partial charge in [0.15, 0.2) is 0 Å². The van der Waals surface area contributed by atoms with Gasteiger partial charge >= 0.3 is 0 Å². The molecule has 2 N–H and O–H groups in total. The van der Waals surface area contributed by atoms with Crippen LogP contribution in [0.2, 0.25) is 0 Å². The number of aliphatic hydroxyl groups is 1. The molecule has 17 heavy (non-hydrogen) atoms. The summed E-state index contributed by atoms with van der Waals surface area (Å²) < 4.78 is 5.09. The Hall–Kier alpha value is -0.910. The second-order valence-corrected chi connectivity index (χ2v) is 4.73. The molecule has 0 radical (unpaired) electrons. The van der Waals surface area contributed by atoms with E-state index in [1.807, 2.05) is 12.1 Å². The molecule has 96 valence electrons. The number of amides is 1. The lowest BCUT2D eigenvalue weighted by Crippen LogP contribution is -2.24. The van der Waals surface area contributed by atoms with Crippen molar-refractivity contribution in [2.24, 2.45) is 0 Å². The zero-order valence-corrected chi connectivity index (χ0v) is 10.9. The van der Waals surface area contributed by atoms with Gasteiger partial charge in [-0.1, -0.05) is 6.92 Å². The van der Waals surface area contributed by atoms with Gasteiger partial charge in [0.1, 0.15) is 0 Å². The first kappa shape index (κ1) is 14.2. The molecule has 1 aromatic rings. The molecule has 5 heteroatoms. The second-order valence-electron chi connectivity index (χ2n) is 3.56. The highest BCUT2D eigenvalue weighted by atomic mass is 32.1. The van der Waals surface area contributed by atoms with Crippen molar-refractivity contribution >= 4 is 17.2 Å². The Kier molecular flexibility index (Phi) is 6.84. The maximum absolute atomic E-state index is 11.7. The number of aliphatic hydroxyl groups excluding tert-OH is 1. The highest BCUT2D eigenvalue weighted by Crippen LogP contribution is 2.16. The van der Waals surface area contributed by atoms with Crippen molar-refractivity contribution in [2.45, 2.75) is 19.8 Å². The molecule has 0 spiro atoms. The molecular weight excluding hydrogens is 238 g/mol. The minimum Gasteiger partial charge on any atom is -0.394 e. The van der Waals surface area contributed by atoms with Crippen molar-refractivity contribution < 1.29 is 14.6 Å². The summed E-state index contributed by atoms with van der Waals surface area (Å²) in [5.41, 5.74) is 0. The first-order valence-corrected chi connectivity index (χ1v) is 6.65. The Labute approximate surface area is 106 Å². The third kappa shape index (κ3) is 5.30. The summed E-state index contributed by atoms with van der Waals surface area (Å²) in [6.07, 6.45) is 1.73. The predicted molar refractivity (Wildman–Crippen MR) is 68.6 cm³/mol. The molecule has 0 aliphatic rings. The quantitative estimate of drug-likeness (QED) is 0.693. The Balaban J connectivity index is 2.16. The number of thiophene rings is 1. The fourth-order valence-electron chi connectivity index (χ4n) is 1.32. The summed E-state index contributed by atoms with van der Waals surface area (Å²) in [5, 5.41) is 11.3. The number of nitrogens with one attached hydrogen (secondary N) is 1. The molecule has 0 unspecified atom stereocenters. The first-order chi connectivity index (χ1) is 8.27. The van der Waals surface area contributed by atoms with Gasteiger partial charge in [0.25, 0.3) is 5.91 Å². The van der Waals surface area contributed by atoms with Crippen LogP contribution in [0.5, 0.6) is 0 Å². The number of rotatable bonds is 8. The average Bonchev–Trinajstić information content (AvgIpc) is 2.82. The molecule has 0 aliphatic heterocycles. The van der Waals surface area contributed by atoms with Crippen molar-refractivity contribution in [2.75, 3.05) is 26.4 Å². The molecule has 0 saturated heterocycles. The lowest BCUT2D eigenvalue weighted by atomic mass is 10.3. The summed E-state index contributed by atoms with van der Waals surface area (Å²) in [4.78, 5) is 13.7. The molecule has 1 aromatic heterocycles. The van der Waals surface area contributed by atoms with Crippen molar-refractivity contribution in [1.29, 1.82) is 0 Å². The van der Waals surface area contributed by atoms with Crippen LogP contribution in [-0.4, -0.2) is 37.4 Å². The summed E-state index contributed by atoms with van der Waals surface area (Å²) in [6.45, 7) is 3.64. The Morgan fingerprint density at radius 2 is 2.29 bits per heavy atom. The molecule has 1 heterocycles. The van der Waals surface area contributed by atoms with E-state index < -0.39 is 0 Å². The van der Waals surface area contributed by atoms with Crippen LogP contribution in [0.15, 0.2) is 12.1 Å². The number of aryl methyl sites for hydroxylation is 1. The molecule has 4 nitrogen and oxygen atoms in total. The van der Waals surface area contributed by atoms with Crippen LogP contribution in [0.1, 0.15) is 27.9 Å². The summed E-state index contributed by atoms with van der Waals surface area (Å²) >= 11 is 1.54. The Morgan fingerprint density at radius 1 is 1.47 bits per heavy atom. The lowest BCUT2D eigenvalue weighted by Gasteiger charge is -2.04. The Morgan fingerprint density at radius 3 is 2.94 bits per heavy atom. The van der Waals surface area contributed by atoms with Crippen LogP contribution in [0.25, 0.3) is 0 Å². The fraction of sp³-hybridized carbons (Fsp3) is 0.583. The Bertz CT molecular complexity index is 338. The van der Waals surface area contributed by atoms with E-state index in [0.717, 1.165) is 17.7 Å². The molecule has 0 aliphatic carbocycles. The summed E-state index contributed by atoms with van der Waals surface area (Å²) in [6, 6.07) is 3.85. The molecule has 0 aromatic carbocycles. The van der Waals surface area contributed by atoms with Gasteiger partial charge in [-0.3, -0.25) is 4.79 Å². The van der Waals surface area contributed by atoms with Crippen molar-refractivity contribution in [3.8, 4) is 0 Å². The summed E-state index contributed by atoms with van der Waals surface area (Å²) in [5.74, 6) is -0.0168. The number of ether oxygens (including phenoxy) is 1. The van der Waals surface area contributed by atoms with Crippen LogP contribution in [-0.2, 0) is 11.2 Å². The van der Waals surface area contributed by atoms with Crippen LogP contribution in [0.3, 0.4) is 0 Å². The molecule has 0 saturated carbocycles. The average molecular weight is 257 g/mol. The van der Waals surface area contributed by atoms with E-state index >= 15 is 0 Å². The number of carbonyl (C=O) groups is 1. The molecule has 1 rings (SSSR count). The standard InChI is InChI=1S/C12H19NO3S/c1-2-10-4-5-11(17-10)12(15)13-6-3-8-16-9-7-14/h4-5,14H,2-3,6-9H2,1H3,(H,13,15). The van der Waals surface area contributed by atoms with E-state index in [4.69, 9.17) is 9.84 Å². The smallest absolute Gasteiger partial charge is 0.261 e. The van der Waals surface area contributed by atoms with Gasteiger partial charge in [-0.25, -0.2) is 0 Å². The van der Waals surface area contributed by atoms with Crippen LogP contribution >= 0.6 is 11.3 Å². The topological polar surface area (TPSA) is 58.6 Å². The van der Waals surface area contributed by atoms with E-state index in [0.29, 0.717) is 19.8 Å². The van der Waals surface area contributed by atoms with Gasteiger partial charge in [-0.15, -0.1) is 11.3 Å². The van der Waals surface area contributed by atoms with Crippen LogP contribution in [0, 0.1) is 0 Å². The highest BCUT2D eigenvalue weighted by Gasteiger charge is 2.07. The van der Waals surface area contributed by atoms with Crippen molar-refractivity contribution in [3.63, 3.8) is 0 Å². The second kappa shape index (κ2) is 8.22. The van der Waals surface area contributed by atoms with Crippen LogP contribution in [0.4, 0.5) is 0 Å². The maximum atomic E-state index is 11.7. The normalized spacial score (nSPS) is 10.5. The highest BCUT2D eigenvalue weighted by molar-refractivity contribution is 7.14. The lowest BCUT2D eigenvalue weighted by molar-refractivity contribution is 0.0869. The largest absolute Gasteiger partial charge is 0.394 e. The minimum atomic E-state index is -0.0168. The van der Waals surface area contributed by atoms with Gasteiger partial charge in [-0.05, 0) is 25.0 Å². The monoisotopic (exact) mass is 257 g/mol. The first-order valence-electron chi connectivity index (χ1n) is 5.83. The van der Waals surface area contributed by atoms with Gasteiger partial charge in [0.2, 0.25) is 0 Å². The van der Waals surface area contributed by atoms with Crippen LogP contribution < -0.4 is 5.32 Å². The molecule has 0 atom stereocenters. The summed E-state index contributed by atoms with van der Waals surface area (Å²) in [7, 11) is 0. The van der Waals surface area contributed by atoms with Gasteiger partial charge in [0, 0.05) is 18.0 Å². The predicted octanol–water partition coefficient (Wildman–Crippen LogP) is 1.44. The van der Waals surface area contributed by atoms with Gasteiger partial charge in [-0.2, -0.15) is 0 Å². The third-order valence-electron chi connectivity index (χ3n) is 2.22. The third-order valence-corrected chi connectivity index (χ3v) is 3.45. The fourth-order valence-corrected chi connectivity index (χ4v) is 2.18. The van der Waals surface area contributed by atoms with Gasteiger partial charge in [0.05, 0.1) is 18.1 Å². The zero-order chi connectivity index (χ0) is 12.5. The number of hydrogen-bond donors (Lipinski definition) is 2. The van der Waals surface area contributed by atoms with E-state index in [2.05, 4.69) is 12.2 Å². The van der Waals surface area contributed by atoms with E-state index in [1.165, 1.54) is 16.2 Å². The SMILES string of the molecule is CCc1ccc(C(=O)NCCCOCCO)s1. The number of carbonyl (C=O) groups excluding carboxylic acids is 1. The maximum Gasteiger partial charge on any atom is 0.261 e. The van der Waals surface area contributed by atoms with Crippen molar-refractivity contribution in [3.05, 3.63) is 21.9 Å².